The number of anilines is 1. The predicted octanol–water partition coefficient (Wildman–Crippen LogP) is 2.93. The second kappa shape index (κ2) is 5.82. The smallest absolute Gasteiger partial charge is 0.161 e. The van der Waals surface area contributed by atoms with Gasteiger partial charge in [0.25, 0.3) is 0 Å². The highest BCUT2D eigenvalue weighted by molar-refractivity contribution is 5.48. The maximum absolute atomic E-state index is 13.8. The summed E-state index contributed by atoms with van der Waals surface area (Å²) in [6.45, 7) is 6.21. The first-order chi connectivity index (χ1) is 8.97. The summed E-state index contributed by atoms with van der Waals surface area (Å²) in [5.74, 6) is -2.53. The first kappa shape index (κ1) is 14.2. The Hall–Kier alpha value is -1.23. The largest absolute Gasteiger partial charge is 0.369 e. The number of halogens is 3. The minimum atomic E-state index is -1.14. The molecule has 2 rings (SSSR count). The Labute approximate surface area is 111 Å². The maximum Gasteiger partial charge on any atom is 0.161 e. The number of benzene rings is 1. The Bertz CT molecular complexity index is 451. The van der Waals surface area contributed by atoms with Crippen molar-refractivity contribution < 1.29 is 13.2 Å². The van der Waals surface area contributed by atoms with Crippen molar-refractivity contribution in [2.75, 3.05) is 24.5 Å². The normalized spacial score (nSPS) is 25.0. The third kappa shape index (κ3) is 3.41. The van der Waals surface area contributed by atoms with Gasteiger partial charge in [-0.05, 0) is 25.8 Å². The number of nitrogens with zero attached hydrogens (tertiary/aromatic N) is 1. The van der Waals surface area contributed by atoms with Gasteiger partial charge in [0.05, 0.1) is 5.69 Å². The van der Waals surface area contributed by atoms with Crippen molar-refractivity contribution in [1.82, 2.24) is 5.32 Å². The van der Waals surface area contributed by atoms with E-state index in [-0.39, 0.29) is 5.69 Å². The number of nitrogens with one attached hydrogen (secondary N) is 1. The summed E-state index contributed by atoms with van der Waals surface area (Å²) in [5.41, 5.74) is 0.153. The van der Waals surface area contributed by atoms with Crippen LogP contribution >= 0.6 is 0 Å². The van der Waals surface area contributed by atoms with Gasteiger partial charge in [-0.1, -0.05) is 6.92 Å². The van der Waals surface area contributed by atoms with E-state index in [0.29, 0.717) is 31.1 Å². The third-order valence-electron chi connectivity index (χ3n) is 3.51. The van der Waals surface area contributed by atoms with Gasteiger partial charge in [0.1, 0.15) is 5.82 Å². The van der Waals surface area contributed by atoms with Crippen molar-refractivity contribution in [2.24, 2.45) is 5.92 Å². The van der Waals surface area contributed by atoms with E-state index in [1.807, 2.05) is 0 Å². The second-order valence-electron chi connectivity index (χ2n) is 5.37. The SMILES string of the molecule is CC1CNC(C)CCN(c2cc(F)c(F)cc2F)C1. The van der Waals surface area contributed by atoms with E-state index in [1.165, 1.54) is 0 Å². The van der Waals surface area contributed by atoms with Crippen LogP contribution in [-0.2, 0) is 0 Å². The molecule has 1 aliphatic heterocycles. The van der Waals surface area contributed by atoms with Crippen LogP contribution in [0, 0.1) is 23.4 Å². The summed E-state index contributed by atoms with van der Waals surface area (Å²) >= 11 is 0. The van der Waals surface area contributed by atoms with E-state index in [9.17, 15) is 13.2 Å². The van der Waals surface area contributed by atoms with Crippen LogP contribution in [-0.4, -0.2) is 25.7 Å². The van der Waals surface area contributed by atoms with Gasteiger partial charge < -0.3 is 10.2 Å². The van der Waals surface area contributed by atoms with E-state index in [0.717, 1.165) is 19.0 Å². The lowest BCUT2D eigenvalue weighted by atomic mass is 10.1. The highest BCUT2D eigenvalue weighted by Crippen LogP contribution is 2.24. The molecule has 1 aromatic rings. The molecule has 0 amide bonds. The molecule has 1 heterocycles. The van der Waals surface area contributed by atoms with Gasteiger partial charge in [-0.15, -0.1) is 0 Å². The van der Waals surface area contributed by atoms with Crippen LogP contribution in [0.25, 0.3) is 0 Å². The lowest BCUT2D eigenvalue weighted by Crippen LogP contribution is -2.42. The summed E-state index contributed by atoms with van der Waals surface area (Å²) in [6.07, 6.45) is 0.838. The number of rotatable bonds is 1. The monoisotopic (exact) mass is 272 g/mol. The van der Waals surface area contributed by atoms with E-state index >= 15 is 0 Å². The Morgan fingerprint density at radius 3 is 2.53 bits per heavy atom. The van der Waals surface area contributed by atoms with Gasteiger partial charge in [-0.2, -0.15) is 0 Å². The minimum absolute atomic E-state index is 0.153. The van der Waals surface area contributed by atoms with Gasteiger partial charge in [0.15, 0.2) is 11.6 Å². The molecule has 5 heteroatoms. The first-order valence-corrected chi connectivity index (χ1v) is 6.60. The molecule has 2 nitrogen and oxygen atoms in total. The molecular weight excluding hydrogens is 253 g/mol. The second-order valence-corrected chi connectivity index (χ2v) is 5.37. The van der Waals surface area contributed by atoms with Crippen molar-refractivity contribution in [3.8, 4) is 0 Å². The van der Waals surface area contributed by atoms with Gasteiger partial charge in [0, 0.05) is 31.3 Å². The van der Waals surface area contributed by atoms with Crippen LogP contribution < -0.4 is 10.2 Å². The average molecular weight is 272 g/mol. The predicted molar refractivity (Wildman–Crippen MR) is 69.8 cm³/mol. The van der Waals surface area contributed by atoms with Gasteiger partial charge in [-0.25, -0.2) is 13.2 Å². The Morgan fingerprint density at radius 2 is 1.79 bits per heavy atom. The fourth-order valence-corrected chi connectivity index (χ4v) is 2.36. The molecular formula is C14H19F3N2. The molecule has 2 unspecified atom stereocenters. The molecule has 2 atom stereocenters. The van der Waals surface area contributed by atoms with E-state index in [4.69, 9.17) is 0 Å². The van der Waals surface area contributed by atoms with Crippen molar-refractivity contribution in [3.63, 3.8) is 0 Å². The summed E-state index contributed by atoms with van der Waals surface area (Å²) in [5, 5.41) is 3.39. The van der Waals surface area contributed by atoms with E-state index < -0.39 is 17.5 Å². The summed E-state index contributed by atoms with van der Waals surface area (Å²) < 4.78 is 40.1. The van der Waals surface area contributed by atoms with Crippen molar-refractivity contribution in [2.45, 2.75) is 26.3 Å². The van der Waals surface area contributed by atoms with Gasteiger partial charge in [-0.3, -0.25) is 0 Å². The minimum Gasteiger partial charge on any atom is -0.369 e. The van der Waals surface area contributed by atoms with Crippen LogP contribution in [0.1, 0.15) is 20.3 Å². The molecule has 0 aliphatic carbocycles. The lowest BCUT2D eigenvalue weighted by Gasteiger charge is -2.33. The maximum atomic E-state index is 13.8. The summed E-state index contributed by atoms with van der Waals surface area (Å²) in [4.78, 5) is 1.81. The molecule has 0 saturated carbocycles. The molecule has 1 aromatic carbocycles. The van der Waals surface area contributed by atoms with Crippen LogP contribution in [0.5, 0.6) is 0 Å². The number of hydrogen-bond acceptors (Lipinski definition) is 2. The Morgan fingerprint density at radius 1 is 1.11 bits per heavy atom. The molecule has 1 N–H and O–H groups in total. The molecule has 0 bridgehead atoms. The molecule has 0 radical (unpaired) electrons. The fourth-order valence-electron chi connectivity index (χ4n) is 2.36. The molecule has 1 fully saturated rings. The van der Waals surface area contributed by atoms with Crippen molar-refractivity contribution >= 4 is 5.69 Å². The molecule has 1 saturated heterocycles. The van der Waals surface area contributed by atoms with Gasteiger partial charge >= 0.3 is 0 Å². The topological polar surface area (TPSA) is 15.3 Å². The van der Waals surface area contributed by atoms with Crippen LogP contribution in [0.4, 0.5) is 18.9 Å². The highest BCUT2D eigenvalue weighted by Gasteiger charge is 2.20. The van der Waals surface area contributed by atoms with Gasteiger partial charge in [0.2, 0.25) is 0 Å². The van der Waals surface area contributed by atoms with Crippen molar-refractivity contribution in [3.05, 3.63) is 29.6 Å². The average Bonchev–Trinajstić information content (AvgIpc) is 2.34. The van der Waals surface area contributed by atoms with Crippen molar-refractivity contribution in [1.29, 1.82) is 0 Å². The molecule has 19 heavy (non-hydrogen) atoms. The summed E-state index contributed by atoms with van der Waals surface area (Å²) in [7, 11) is 0. The highest BCUT2D eigenvalue weighted by atomic mass is 19.2. The zero-order chi connectivity index (χ0) is 14.0. The Kier molecular flexibility index (Phi) is 4.34. The van der Waals surface area contributed by atoms with E-state index in [2.05, 4.69) is 19.2 Å². The standard InChI is InChI=1S/C14H19F3N2/c1-9-7-18-10(2)3-4-19(8-9)14-6-12(16)11(15)5-13(14)17/h5-6,9-10,18H,3-4,7-8H2,1-2H3. The van der Waals surface area contributed by atoms with Crippen LogP contribution in [0.2, 0.25) is 0 Å². The zero-order valence-corrected chi connectivity index (χ0v) is 11.2. The van der Waals surface area contributed by atoms with E-state index in [1.54, 1.807) is 4.90 Å². The fraction of sp³-hybridized carbons (Fsp3) is 0.571. The molecule has 0 spiro atoms. The molecule has 0 aromatic heterocycles. The third-order valence-corrected chi connectivity index (χ3v) is 3.51. The Balaban J connectivity index is 2.25. The molecule has 1 aliphatic rings. The van der Waals surface area contributed by atoms with Crippen LogP contribution in [0.15, 0.2) is 12.1 Å². The number of hydrogen-bond donors (Lipinski definition) is 1. The van der Waals surface area contributed by atoms with Crippen LogP contribution in [0.3, 0.4) is 0 Å². The zero-order valence-electron chi connectivity index (χ0n) is 11.2. The molecule has 106 valence electrons. The first-order valence-electron chi connectivity index (χ1n) is 6.60. The summed E-state index contributed by atoms with van der Waals surface area (Å²) in [6, 6.07) is 1.91. The lowest BCUT2D eigenvalue weighted by molar-refractivity contribution is 0.407. The quantitative estimate of drug-likeness (QED) is 0.791.